The summed E-state index contributed by atoms with van der Waals surface area (Å²) in [4.78, 5) is 4.11. The molecule has 0 unspecified atom stereocenters. The molecule has 0 atom stereocenters. The lowest BCUT2D eigenvalue weighted by atomic mass is 10.1. The summed E-state index contributed by atoms with van der Waals surface area (Å²) in [5, 5.41) is 9.20. The lowest BCUT2D eigenvalue weighted by molar-refractivity contribution is 0.202. The number of hydrogen-bond acceptors (Lipinski definition) is 4. The minimum absolute atomic E-state index is 0.0882. The molecule has 1 aromatic carbocycles. The van der Waals surface area contributed by atoms with Crippen molar-refractivity contribution in [2.24, 2.45) is 0 Å². The van der Waals surface area contributed by atoms with Gasteiger partial charge in [-0.15, -0.1) is 0 Å². The van der Waals surface area contributed by atoms with Gasteiger partial charge in [-0.3, -0.25) is 0 Å². The number of methoxy groups -OCH3 is 1. The maximum Gasteiger partial charge on any atom is 0.224 e. The van der Waals surface area contributed by atoms with Gasteiger partial charge in [0.15, 0.2) is 0 Å². The topological polar surface area (TPSA) is 51.6 Å². The van der Waals surface area contributed by atoms with Crippen LogP contribution < -0.4 is 4.74 Å². The third-order valence-electron chi connectivity index (χ3n) is 2.75. The second-order valence-corrected chi connectivity index (χ2v) is 4.11. The van der Waals surface area contributed by atoms with Crippen LogP contribution in [-0.2, 0) is 17.8 Å². The Morgan fingerprint density at radius 2 is 1.95 bits per heavy atom. The molecule has 1 heterocycles. The number of aromatic nitrogens is 1. The highest BCUT2D eigenvalue weighted by molar-refractivity contribution is 5.33. The molecule has 2 aromatic rings. The van der Waals surface area contributed by atoms with E-state index in [-0.39, 0.29) is 6.61 Å². The van der Waals surface area contributed by atoms with Crippen molar-refractivity contribution in [3.8, 4) is 11.6 Å². The van der Waals surface area contributed by atoms with E-state index >= 15 is 0 Å². The quantitative estimate of drug-likeness (QED) is 0.866. The van der Waals surface area contributed by atoms with Crippen LogP contribution in [0.1, 0.15) is 11.1 Å². The maximum atomic E-state index is 9.20. The van der Waals surface area contributed by atoms with Crippen molar-refractivity contribution >= 4 is 0 Å². The fourth-order valence-electron chi connectivity index (χ4n) is 1.69. The molecular weight excluding hydrogens is 242 g/mol. The predicted molar refractivity (Wildman–Crippen MR) is 72.3 cm³/mol. The fourth-order valence-corrected chi connectivity index (χ4v) is 1.69. The molecule has 0 aliphatic rings. The van der Waals surface area contributed by atoms with E-state index in [9.17, 15) is 5.11 Å². The SMILES string of the molecule is COCCc1ccc(Oc2ncccc2CO)cc1. The van der Waals surface area contributed by atoms with Gasteiger partial charge in [0.05, 0.1) is 13.2 Å². The van der Waals surface area contributed by atoms with Gasteiger partial charge in [0.2, 0.25) is 5.88 Å². The average Bonchev–Trinajstić information content (AvgIpc) is 2.47. The van der Waals surface area contributed by atoms with Crippen LogP contribution in [0.4, 0.5) is 0 Å². The molecule has 0 aliphatic heterocycles. The van der Waals surface area contributed by atoms with Gasteiger partial charge in [-0.1, -0.05) is 12.1 Å². The van der Waals surface area contributed by atoms with Crippen LogP contribution in [0.3, 0.4) is 0 Å². The molecule has 0 saturated carbocycles. The van der Waals surface area contributed by atoms with E-state index in [0.717, 1.165) is 6.42 Å². The number of ether oxygens (including phenoxy) is 2. The van der Waals surface area contributed by atoms with Crippen molar-refractivity contribution in [1.82, 2.24) is 4.98 Å². The van der Waals surface area contributed by atoms with E-state index in [2.05, 4.69) is 4.98 Å². The van der Waals surface area contributed by atoms with Gasteiger partial charge in [-0.05, 0) is 36.2 Å². The smallest absolute Gasteiger partial charge is 0.224 e. The zero-order chi connectivity index (χ0) is 13.5. The summed E-state index contributed by atoms with van der Waals surface area (Å²) in [6.07, 6.45) is 2.52. The van der Waals surface area contributed by atoms with E-state index in [1.807, 2.05) is 24.3 Å². The van der Waals surface area contributed by atoms with Gasteiger partial charge in [-0.25, -0.2) is 4.98 Å². The standard InChI is InChI=1S/C15H17NO3/c1-18-10-8-12-4-6-14(7-5-12)19-15-13(11-17)3-2-9-16-15/h2-7,9,17H,8,10-11H2,1H3. The molecule has 0 bridgehead atoms. The lowest BCUT2D eigenvalue weighted by Gasteiger charge is -2.08. The maximum absolute atomic E-state index is 9.20. The van der Waals surface area contributed by atoms with Crippen molar-refractivity contribution in [3.63, 3.8) is 0 Å². The Morgan fingerprint density at radius 1 is 1.16 bits per heavy atom. The minimum Gasteiger partial charge on any atom is -0.439 e. The lowest BCUT2D eigenvalue weighted by Crippen LogP contribution is -1.96. The second kappa shape index (κ2) is 6.87. The first kappa shape index (κ1) is 13.5. The van der Waals surface area contributed by atoms with E-state index in [0.29, 0.717) is 23.8 Å². The van der Waals surface area contributed by atoms with Gasteiger partial charge in [-0.2, -0.15) is 0 Å². The Kier molecular flexibility index (Phi) is 4.89. The molecule has 100 valence electrons. The van der Waals surface area contributed by atoms with Crippen LogP contribution in [0.2, 0.25) is 0 Å². The number of aliphatic hydroxyl groups excluding tert-OH is 1. The van der Waals surface area contributed by atoms with Crippen molar-refractivity contribution in [1.29, 1.82) is 0 Å². The molecule has 1 aromatic heterocycles. The van der Waals surface area contributed by atoms with Crippen molar-refractivity contribution < 1.29 is 14.6 Å². The van der Waals surface area contributed by atoms with Crippen molar-refractivity contribution in [2.75, 3.05) is 13.7 Å². The molecule has 19 heavy (non-hydrogen) atoms. The Morgan fingerprint density at radius 3 is 2.63 bits per heavy atom. The highest BCUT2D eigenvalue weighted by Gasteiger charge is 2.04. The molecule has 0 aliphatic carbocycles. The monoisotopic (exact) mass is 259 g/mol. The summed E-state index contributed by atoms with van der Waals surface area (Å²) < 4.78 is 10.7. The normalized spacial score (nSPS) is 10.4. The molecule has 0 radical (unpaired) electrons. The fraction of sp³-hybridized carbons (Fsp3) is 0.267. The Labute approximate surface area is 112 Å². The number of aliphatic hydroxyl groups is 1. The van der Waals surface area contributed by atoms with Gasteiger partial charge in [0.1, 0.15) is 5.75 Å². The first-order chi connectivity index (χ1) is 9.33. The summed E-state index contributed by atoms with van der Waals surface area (Å²) in [6, 6.07) is 11.3. The number of hydrogen-bond donors (Lipinski definition) is 1. The third-order valence-corrected chi connectivity index (χ3v) is 2.75. The van der Waals surface area contributed by atoms with Crippen LogP contribution in [0, 0.1) is 0 Å². The third kappa shape index (κ3) is 3.77. The molecule has 0 amide bonds. The zero-order valence-electron chi connectivity index (χ0n) is 10.9. The first-order valence-corrected chi connectivity index (χ1v) is 6.14. The largest absolute Gasteiger partial charge is 0.439 e. The average molecular weight is 259 g/mol. The summed E-state index contributed by atoms with van der Waals surface area (Å²) in [6.45, 7) is 0.615. The Hall–Kier alpha value is -1.91. The van der Waals surface area contributed by atoms with E-state index < -0.39 is 0 Å². The molecule has 4 heteroatoms. The molecule has 0 fully saturated rings. The number of benzene rings is 1. The summed E-state index contributed by atoms with van der Waals surface area (Å²) in [5.41, 5.74) is 1.86. The number of rotatable bonds is 6. The van der Waals surface area contributed by atoms with Gasteiger partial charge in [0, 0.05) is 18.9 Å². The van der Waals surface area contributed by atoms with E-state index in [1.165, 1.54) is 5.56 Å². The Bertz CT molecular complexity index is 511. The summed E-state index contributed by atoms with van der Waals surface area (Å²) in [7, 11) is 1.69. The first-order valence-electron chi connectivity index (χ1n) is 6.14. The molecular formula is C15H17NO3. The van der Waals surface area contributed by atoms with Crippen LogP contribution in [0.5, 0.6) is 11.6 Å². The van der Waals surface area contributed by atoms with E-state index in [1.54, 1.807) is 25.4 Å². The number of pyridine rings is 1. The predicted octanol–water partition coefficient (Wildman–Crippen LogP) is 2.56. The Balaban J connectivity index is 2.06. The van der Waals surface area contributed by atoms with Crippen LogP contribution in [0.25, 0.3) is 0 Å². The zero-order valence-corrected chi connectivity index (χ0v) is 10.9. The second-order valence-electron chi connectivity index (χ2n) is 4.11. The number of nitrogens with zero attached hydrogens (tertiary/aromatic N) is 1. The molecule has 0 saturated heterocycles. The van der Waals surface area contributed by atoms with Gasteiger partial charge < -0.3 is 14.6 Å². The van der Waals surface area contributed by atoms with Gasteiger partial charge >= 0.3 is 0 Å². The van der Waals surface area contributed by atoms with Crippen molar-refractivity contribution in [3.05, 3.63) is 53.7 Å². The summed E-state index contributed by atoms with van der Waals surface area (Å²) in [5.74, 6) is 1.14. The molecule has 1 N–H and O–H groups in total. The highest BCUT2D eigenvalue weighted by Crippen LogP contribution is 2.23. The van der Waals surface area contributed by atoms with Crippen LogP contribution >= 0.6 is 0 Å². The summed E-state index contributed by atoms with van der Waals surface area (Å²) >= 11 is 0. The highest BCUT2D eigenvalue weighted by atomic mass is 16.5. The van der Waals surface area contributed by atoms with Crippen molar-refractivity contribution in [2.45, 2.75) is 13.0 Å². The molecule has 4 nitrogen and oxygen atoms in total. The van der Waals surface area contributed by atoms with Gasteiger partial charge in [0.25, 0.3) is 0 Å². The van der Waals surface area contributed by atoms with E-state index in [4.69, 9.17) is 9.47 Å². The van der Waals surface area contributed by atoms with Crippen LogP contribution in [0.15, 0.2) is 42.6 Å². The van der Waals surface area contributed by atoms with Crippen LogP contribution in [-0.4, -0.2) is 23.8 Å². The molecule has 2 rings (SSSR count). The molecule has 0 spiro atoms. The minimum atomic E-state index is -0.0882.